The quantitative estimate of drug-likeness (QED) is 0.402. The van der Waals surface area contributed by atoms with E-state index in [1.165, 1.54) is 6.20 Å². The number of aromatic amines is 1. The van der Waals surface area contributed by atoms with Gasteiger partial charge in [-0.2, -0.15) is 5.10 Å². The molecule has 0 saturated carbocycles. The maximum Gasteiger partial charge on any atom is 0.214 e. The first-order chi connectivity index (χ1) is 10.7. The fraction of sp³-hybridized carbons (Fsp3) is 0.0769. The number of nitrogens with one attached hydrogen (secondary N) is 1. The van der Waals surface area contributed by atoms with Crippen LogP contribution in [0, 0.1) is 0 Å². The molecule has 0 aliphatic rings. The Morgan fingerprint density at radius 1 is 1.41 bits per heavy atom. The van der Waals surface area contributed by atoms with Gasteiger partial charge in [0.2, 0.25) is 5.82 Å². The Balaban J connectivity index is 1.73. The highest BCUT2D eigenvalue weighted by Gasteiger charge is 2.11. The number of rotatable bonds is 5. The highest BCUT2D eigenvalue weighted by atomic mass is 16.3. The molecule has 3 rings (SSSR count). The van der Waals surface area contributed by atoms with Crippen molar-refractivity contribution in [1.29, 1.82) is 0 Å². The molecule has 3 heterocycles. The average molecular weight is 297 g/mol. The van der Waals surface area contributed by atoms with Crippen LogP contribution in [0.25, 0.3) is 5.76 Å². The predicted octanol–water partition coefficient (Wildman–Crippen LogP) is 0.621. The van der Waals surface area contributed by atoms with E-state index in [1.807, 2.05) is 18.2 Å². The summed E-state index contributed by atoms with van der Waals surface area (Å²) in [6.45, 7) is 0.454. The Morgan fingerprint density at radius 3 is 3.05 bits per heavy atom. The molecule has 9 nitrogen and oxygen atoms in total. The molecule has 0 spiro atoms. The fourth-order valence-corrected chi connectivity index (χ4v) is 1.78. The molecule has 3 aromatic rings. The maximum atomic E-state index is 12.0. The molecule has 2 N–H and O–H groups in total. The second-order valence-corrected chi connectivity index (χ2v) is 4.39. The molecule has 0 unspecified atom stereocenters. The second-order valence-electron chi connectivity index (χ2n) is 4.39. The molecule has 0 fully saturated rings. The number of aliphatic hydroxyl groups is 1. The highest BCUT2D eigenvalue weighted by Crippen LogP contribution is 2.08. The summed E-state index contributed by atoms with van der Waals surface area (Å²) in [5.74, 6) is -0.720. The molecule has 0 saturated heterocycles. The van der Waals surface area contributed by atoms with E-state index in [0.29, 0.717) is 12.1 Å². The third-order valence-corrected chi connectivity index (χ3v) is 2.82. The monoisotopic (exact) mass is 297 g/mol. The number of H-pyrrole nitrogens is 1. The minimum atomic E-state index is -0.402. The number of hydrogen-bond acceptors (Lipinski definition) is 7. The minimum absolute atomic E-state index is 0.0224. The predicted molar refractivity (Wildman–Crippen MR) is 74.7 cm³/mol. The van der Waals surface area contributed by atoms with Crippen LogP contribution in [0.4, 0.5) is 0 Å². The smallest absolute Gasteiger partial charge is 0.214 e. The lowest BCUT2D eigenvalue weighted by molar-refractivity contribution is 0.104. The number of tetrazole rings is 1. The molecule has 3 aromatic heterocycles. The van der Waals surface area contributed by atoms with E-state index >= 15 is 0 Å². The van der Waals surface area contributed by atoms with Crippen LogP contribution >= 0.6 is 0 Å². The first-order valence-electron chi connectivity index (χ1n) is 6.34. The van der Waals surface area contributed by atoms with Crippen LogP contribution in [0.1, 0.15) is 21.9 Å². The lowest BCUT2D eigenvalue weighted by Crippen LogP contribution is -2.02. The Bertz CT molecular complexity index is 793. The highest BCUT2D eigenvalue weighted by molar-refractivity contribution is 6.07. The lowest BCUT2D eigenvalue weighted by Gasteiger charge is -1.99. The second kappa shape index (κ2) is 5.95. The Hall–Kier alpha value is -3.36. The number of carbonyl (C=O) groups excluding carboxylic acids is 1. The van der Waals surface area contributed by atoms with Gasteiger partial charge in [0, 0.05) is 18.5 Å². The van der Waals surface area contributed by atoms with Crippen molar-refractivity contribution in [3.63, 3.8) is 0 Å². The van der Waals surface area contributed by atoms with Crippen LogP contribution < -0.4 is 0 Å². The summed E-state index contributed by atoms with van der Waals surface area (Å²) in [6, 6.07) is 5.57. The lowest BCUT2D eigenvalue weighted by atomic mass is 10.2. The SMILES string of the molecule is O=C(C=C(O)c1nnn[nH]1)c1cnn(Cc2ccccn2)c1. The zero-order valence-corrected chi connectivity index (χ0v) is 11.3. The van der Waals surface area contributed by atoms with Crippen molar-refractivity contribution in [1.82, 2.24) is 35.4 Å². The largest absolute Gasteiger partial charge is 0.504 e. The molecular formula is C13H11N7O2. The molecular weight excluding hydrogens is 286 g/mol. The van der Waals surface area contributed by atoms with Crippen molar-refractivity contribution in [2.45, 2.75) is 6.54 Å². The number of ketones is 1. The van der Waals surface area contributed by atoms with Gasteiger partial charge in [0.05, 0.1) is 24.0 Å². The molecule has 0 bridgehead atoms. The Labute approximate surface area is 124 Å². The number of aromatic nitrogens is 7. The summed E-state index contributed by atoms with van der Waals surface area (Å²) < 4.78 is 1.59. The van der Waals surface area contributed by atoms with Crippen molar-refractivity contribution in [2.75, 3.05) is 0 Å². The van der Waals surface area contributed by atoms with Crippen molar-refractivity contribution in [3.05, 3.63) is 59.9 Å². The van der Waals surface area contributed by atoms with E-state index in [2.05, 4.69) is 30.7 Å². The van der Waals surface area contributed by atoms with Crippen LogP contribution in [-0.2, 0) is 6.54 Å². The van der Waals surface area contributed by atoms with Crippen LogP contribution in [0.3, 0.4) is 0 Å². The number of hydrogen-bond donors (Lipinski definition) is 2. The van der Waals surface area contributed by atoms with E-state index in [9.17, 15) is 9.90 Å². The summed E-state index contributed by atoms with van der Waals surface area (Å²) in [4.78, 5) is 16.2. The van der Waals surface area contributed by atoms with Crippen LogP contribution in [0.2, 0.25) is 0 Å². The average Bonchev–Trinajstić information content (AvgIpc) is 3.19. The fourth-order valence-electron chi connectivity index (χ4n) is 1.78. The number of carbonyl (C=O) groups is 1. The minimum Gasteiger partial charge on any atom is -0.504 e. The molecule has 0 amide bonds. The molecule has 22 heavy (non-hydrogen) atoms. The maximum absolute atomic E-state index is 12.0. The van der Waals surface area contributed by atoms with Gasteiger partial charge in [0.15, 0.2) is 11.5 Å². The van der Waals surface area contributed by atoms with Gasteiger partial charge in [-0.3, -0.25) is 14.5 Å². The standard InChI is InChI=1S/C13H11N7O2/c21-11(5-12(22)13-16-18-19-17-13)9-6-15-20(7-9)8-10-3-1-2-4-14-10/h1-7,22H,8H2,(H,16,17,18,19). The normalized spacial score (nSPS) is 11.5. The third-order valence-electron chi connectivity index (χ3n) is 2.82. The Kier molecular flexibility index (Phi) is 3.69. The molecule has 110 valence electrons. The van der Waals surface area contributed by atoms with Gasteiger partial charge in [0.1, 0.15) is 0 Å². The first kappa shape index (κ1) is 13.6. The molecule has 0 atom stereocenters. The van der Waals surface area contributed by atoms with Gasteiger partial charge in [-0.05, 0) is 22.6 Å². The number of nitrogens with zero attached hydrogens (tertiary/aromatic N) is 6. The number of allylic oxidation sites excluding steroid dienone is 1. The molecule has 0 aromatic carbocycles. The third kappa shape index (κ3) is 3.03. The van der Waals surface area contributed by atoms with Gasteiger partial charge < -0.3 is 5.11 Å². The van der Waals surface area contributed by atoms with Crippen molar-refractivity contribution in [2.24, 2.45) is 0 Å². The molecule has 0 aliphatic heterocycles. The molecule has 0 radical (unpaired) electrons. The summed E-state index contributed by atoms with van der Waals surface area (Å²) in [5.41, 5.74) is 1.17. The van der Waals surface area contributed by atoms with Gasteiger partial charge in [-0.1, -0.05) is 6.07 Å². The molecule has 9 heteroatoms. The van der Waals surface area contributed by atoms with E-state index < -0.39 is 5.78 Å². The van der Waals surface area contributed by atoms with Gasteiger partial charge in [-0.25, -0.2) is 5.10 Å². The van der Waals surface area contributed by atoms with Crippen molar-refractivity contribution < 1.29 is 9.90 Å². The summed E-state index contributed by atoms with van der Waals surface area (Å²) in [6.07, 6.45) is 5.73. The van der Waals surface area contributed by atoms with Crippen molar-refractivity contribution in [3.8, 4) is 0 Å². The topological polar surface area (TPSA) is 122 Å². The van der Waals surface area contributed by atoms with Crippen molar-refractivity contribution >= 4 is 11.5 Å². The zero-order chi connectivity index (χ0) is 15.4. The van der Waals surface area contributed by atoms with E-state index in [1.54, 1.807) is 17.1 Å². The van der Waals surface area contributed by atoms with E-state index in [4.69, 9.17) is 0 Å². The Morgan fingerprint density at radius 2 is 2.32 bits per heavy atom. The zero-order valence-electron chi connectivity index (χ0n) is 11.3. The number of pyridine rings is 1. The van der Waals surface area contributed by atoms with Crippen LogP contribution in [0.5, 0.6) is 0 Å². The molecule has 0 aliphatic carbocycles. The van der Waals surface area contributed by atoms with E-state index in [-0.39, 0.29) is 11.6 Å². The first-order valence-corrected chi connectivity index (χ1v) is 6.34. The number of aliphatic hydroxyl groups excluding tert-OH is 1. The summed E-state index contributed by atoms with van der Waals surface area (Å²) in [5, 5.41) is 26.3. The summed E-state index contributed by atoms with van der Waals surface area (Å²) >= 11 is 0. The van der Waals surface area contributed by atoms with Gasteiger partial charge in [-0.15, -0.1) is 5.10 Å². The van der Waals surface area contributed by atoms with Gasteiger partial charge in [0.25, 0.3) is 0 Å². The van der Waals surface area contributed by atoms with Gasteiger partial charge >= 0.3 is 0 Å². The van der Waals surface area contributed by atoms with E-state index in [0.717, 1.165) is 11.8 Å². The summed E-state index contributed by atoms with van der Waals surface area (Å²) in [7, 11) is 0. The van der Waals surface area contributed by atoms with Crippen LogP contribution in [0.15, 0.2) is 42.9 Å². The van der Waals surface area contributed by atoms with Crippen LogP contribution in [-0.4, -0.2) is 46.3 Å².